The highest BCUT2D eigenvalue weighted by molar-refractivity contribution is 7.89. The molecule has 0 unspecified atom stereocenters. The first kappa shape index (κ1) is 12.4. The molecule has 3 aliphatic carbocycles. The second kappa shape index (κ2) is 4.48. The number of carbonyl (C=O) groups is 1. The molecule has 4 rings (SSSR count). The molecule has 102 valence electrons. The molecule has 0 spiro atoms. The molecule has 1 aromatic rings. The van der Waals surface area contributed by atoms with Crippen molar-refractivity contribution >= 4 is 15.9 Å². The summed E-state index contributed by atoms with van der Waals surface area (Å²) in [5.74, 6) is -0.0900. The van der Waals surface area contributed by atoms with Crippen molar-refractivity contribution in [2.24, 2.45) is 17.8 Å². The van der Waals surface area contributed by atoms with Gasteiger partial charge in [-0.05, 0) is 31.1 Å². The first-order valence-corrected chi connectivity index (χ1v) is 7.79. The number of carbonyl (C=O) groups excluding carboxylic acids is 1. The number of hydrogen-bond donors (Lipinski definition) is 2. The fourth-order valence-electron chi connectivity index (χ4n) is 2.89. The van der Waals surface area contributed by atoms with E-state index in [2.05, 4.69) is 20.8 Å². The lowest BCUT2D eigenvalue weighted by Crippen LogP contribution is -2.42. The fourth-order valence-corrected chi connectivity index (χ4v) is 3.82. The van der Waals surface area contributed by atoms with E-state index in [0.717, 1.165) is 19.3 Å². The minimum Gasteiger partial charge on any atom is -0.334 e. The van der Waals surface area contributed by atoms with Crippen molar-refractivity contribution < 1.29 is 13.2 Å². The van der Waals surface area contributed by atoms with Gasteiger partial charge < -0.3 is 4.98 Å². The van der Waals surface area contributed by atoms with Crippen LogP contribution in [0.1, 0.15) is 19.3 Å². The minimum atomic E-state index is -3.87. The third-order valence-corrected chi connectivity index (χ3v) is 5.08. The van der Waals surface area contributed by atoms with Crippen molar-refractivity contribution in [3.05, 3.63) is 24.5 Å². The molecular formula is C12H15N3O3S. The van der Waals surface area contributed by atoms with Crippen LogP contribution in [-0.2, 0) is 14.8 Å². The smallest absolute Gasteiger partial charge is 0.297 e. The largest absolute Gasteiger partial charge is 0.334 e. The van der Waals surface area contributed by atoms with E-state index in [1.54, 1.807) is 0 Å². The third-order valence-electron chi connectivity index (χ3n) is 3.87. The maximum Gasteiger partial charge on any atom is 0.297 e. The molecule has 3 atom stereocenters. The van der Waals surface area contributed by atoms with E-state index < -0.39 is 15.9 Å². The summed E-state index contributed by atoms with van der Waals surface area (Å²) in [6.07, 6.45) is 9.71. The molecule has 0 radical (unpaired) electrons. The number of rotatable bonds is 3. The van der Waals surface area contributed by atoms with E-state index >= 15 is 0 Å². The van der Waals surface area contributed by atoms with E-state index in [4.69, 9.17) is 0 Å². The molecule has 1 amide bonds. The van der Waals surface area contributed by atoms with Crippen LogP contribution in [0.4, 0.5) is 0 Å². The lowest BCUT2D eigenvalue weighted by Gasteiger charge is -2.36. The first-order valence-electron chi connectivity index (χ1n) is 6.30. The average molecular weight is 281 g/mol. The van der Waals surface area contributed by atoms with Gasteiger partial charge in [0.2, 0.25) is 11.1 Å². The predicted molar refractivity (Wildman–Crippen MR) is 67.4 cm³/mol. The number of aromatic nitrogens is 2. The van der Waals surface area contributed by atoms with Gasteiger partial charge in [-0.2, -0.15) is 8.42 Å². The van der Waals surface area contributed by atoms with Gasteiger partial charge in [-0.3, -0.25) is 4.79 Å². The van der Waals surface area contributed by atoms with Crippen LogP contribution in [0.2, 0.25) is 0 Å². The number of amides is 1. The number of fused-ring (bicyclic) bond motifs is 2. The van der Waals surface area contributed by atoms with Crippen molar-refractivity contribution in [2.45, 2.75) is 24.4 Å². The van der Waals surface area contributed by atoms with Gasteiger partial charge in [-0.25, -0.2) is 9.71 Å². The molecule has 2 bridgehead atoms. The molecule has 1 fully saturated rings. The van der Waals surface area contributed by atoms with Crippen LogP contribution in [0.3, 0.4) is 0 Å². The van der Waals surface area contributed by atoms with E-state index in [1.165, 1.54) is 12.4 Å². The number of sulfonamides is 1. The summed E-state index contributed by atoms with van der Waals surface area (Å²) in [6, 6.07) is 0. The first-order chi connectivity index (χ1) is 9.06. The van der Waals surface area contributed by atoms with Gasteiger partial charge in [0.25, 0.3) is 10.0 Å². The highest BCUT2D eigenvalue weighted by Crippen LogP contribution is 2.40. The van der Waals surface area contributed by atoms with Crippen molar-refractivity contribution in [3.8, 4) is 0 Å². The van der Waals surface area contributed by atoms with Crippen molar-refractivity contribution in [2.75, 3.05) is 0 Å². The maximum absolute atomic E-state index is 12.1. The Morgan fingerprint density at radius 3 is 2.74 bits per heavy atom. The number of allylic oxidation sites excluding steroid dienone is 2. The summed E-state index contributed by atoms with van der Waals surface area (Å²) < 4.78 is 25.9. The molecule has 0 aliphatic heterocycles. The number of aromatic amines is 1. The monoisotopic (exact) mass is 281 g/mol. The Balaban J connectivity index is 1.74. The fraction of sp³-hybridized carbons (Fsp3) is 0.500. The van der Waals surface area contributed by atoms with E-state index in [9.17, 15) is 13.2 Å². The lowest BCUT2D eigenvalue weighted by atomic mass is 9.69. The molecule has 3 aliphatic rings. The molecule has 6 nitrogen and oxygen atoms in total. The maximum atomic E-state index is 12.1. The SMILES string of the molecule is O=C(NS(=O)(=O)c1ncc[nH]1)[C@@H]1C[C@@H]2C=C[C@H]1CC2. The Morgan fingerprint density at radius 1 is 1.37 bits per heavy atom. The predicted octanol–water partition coefficient (Wildman–Crippen LogP) is 0.817. The molecule has 7 heteroatoms. The summed E-state index contributed by atoms with van der Waals surface area (Å²) in [7, 11) is -3.87. The summed E-state index contributed by atoms with van der Waals surface area (Å²) in [4.78, 5) is 18.3. The molecule has 2 N–H and O–H groups in total. The zero-order valence-electron chi connectivity index (χ0n) is 10.2. The topological polar surface area (TPSA) is 91.9 Å². The van der Waals surface area contributed by atoms with Gasteiger partial charge in [-0.15, -0.1) is 0 Å². The zero-order chi connectivity index (χ0) is 13.5. The molecule has 1 saturated carbocycles. The molecule has 1 aromatic heterocycles. The van der Waals surface area contributed by atoms with Crippen LogP contribution in [0.15, 0.2) is 29.7 Å². The zero-order valence-corrected chi connectivity index (χ0v) is 11.1. The van der Waals surface area contributed by atoms with Crippen LogP contribution in [0.25, 0.3) is 0 Å². The Bertz CT molecular complexity index is 606. The number of nitrogens with one attached hydrogen (secondary N) is 2. The molecule has 0 aromatic carbocycles. The van der Waals surface area contributed by atoms with E-state index in [0.29, 0.717) is 5.92 Å². The standard InChI is InChI=1S/C12H15N3O3S/c16-11(10-7-8-1-3-9(10)4-2-8)15-19(17,18)12-13-5-6-14-12/h1,3,5-6,8-10H,2,4,7H2,(H,13,14)(H,15,16)/t8-,9+,10-/m1/s1. The average Bonchev–Trinajstić information content (AvgIpc) is 2.94. The van der Waals surface area contributed by atoms with Crippen molar-refractivity contribution in [3.63, 3.8) is 0 Å². The molecular weight excluding hydrogens is 266 g/mol. The van der Waals surface area contributed by atoms with Crippen LogP contribution in [-0.4, -0.2) is 24.3 Å². The van der Waals surface area contributed by atoms with Crippen LogP contribution < -0.4 is 4.72 Å². The van der Waals surface area contributed by atoms with Gasteiger partial charge in [0, 0.05) is 18.3 Å². The number of H-pyrrole nitrogens is 1. The highest BCUT2D eigenvalue weighted by Gasteiger charge is 2.38. The summed E-state index contributed by atoms with van der Waals surface area (Å²) in [5.41, 5.74) is 0. The molecule has 1 heterocycles. The highest BCUT2D eigenvalue weighted by atomic mass is 32.2. The van der Waals surface area contributed by atoms with E-state index in [1.807, 2.05) is 6.08 Å². The normalized spacial score (nSPS) is 29.4. The summed E-state index contributed by atoms with van der Waals surface area (Å²) >= 11 is 0. The van der Waals surface area contributed by atoms with Crippen LogP contribution >= 0.6 is 0 Å². The number of imidazole rings is 1. The minimum absolute atomic E-state index is 0.164. The van der Waals surface area contributed by atoms with Crippen molar-refractivity contribution in [1.82, 2.24) is 14.7 Å². The Morgan fingerprint density at radius 2 is 2.21 bits per heavy atom. The van der Waals surface area contributed by atoms with Gasteiger partial charge in [0.1, 0.15) is 0 Å². The quantitative estimate of drug-likeness (QED) is 0.802. The third kappa shape index (κ3) is 2.30. The Kier molecular flexibility index (Phi) is 2.93. The van der Waals surface area contributed by atoms with Crippen LogP contribution in [0.5, 0.6) is 0 Å². The number of nitrogens with zero attached hydrogens (tertiary/aromatic N) is 1. The Labute approximate surface area is 111 Å². The lowest BCUT2D eigenvalue weighted by molar-refractivity contribution is -0.125. The Hall–Kier alpha value is -1.63. The van der Waals surface area contributed by atoms with Crippen LogP contribution in [0, 0.1) is 17.8 Å². The second-order valence-corrected chi connectivity index (χ2v) is 6.69. The second-order valence-electron chi connectivity index (χ2n) is 5.09. The van der Waals surface area contributed by atoms with Gasteiger partial charge in [0.15, 0.2) is 0 Å². The van der Waals surface area contributed by atoms with Gasteiger partial charge in [0.05, 0.1) is 0 Å². The molecule has 19 heavy (non-hydrogen) atoms. The molecule has 0 saturated heterocycles. The van der Waals surface area contributed by atoms with E-state index in [-0.39, 0.29) is 17.0 Å². The number of hydrogen-bond acceptors (Lipinski definition) is 4. The summed E-state index contributed by atoms with van der Waals surface area (Å²) in [5, 5.41) is -0.225. The summed E-state index contributed by atoms with van der Waals surface area (Å²) in [6.45, 7) is 0. The van der Waals surface area contributed by atoms with Gasteiger partial charge in [-0.1, -0.05) is 12.2 Å². The van der Waals surface area contributed by atoms with Gasteiger partial charge >= 0.3 is 0 Å². The van der Waals surface area contributed by atoms with Crippen molar-refractivity contribution in [1.29, 1.82) is 0 Å².